The third kappa shape index (κ3) is 6.22. The van der Waals surface area contributed by atoms with Crippen molar-refractivity contribution in [1.82, 2.24) is 20.1 Å². The maximum absolute atomic E-state index is 12.5. The highest BCUT2D eigenvalue weighted by Crippen LogP contribution is 2.36. The molecule has 1 fully saturated rings. The lowest BCUT2D eigenvalue weighted by molar-refractivity contribution is -0.118. The molecule has 1 N–H and O–H groups in total. The van der Waals surface area contributed by atoms with Gasteiger partial charge in [0.1, 0.15) is 0 Å². The molecule has 180 valence electrons. The minimum absolute atomic E-state index is 0.0192. The van der Waals surface area contributed by atoms with Crippen LogP contribution in [0.25, 0.3) is 11.4 Å². The Bertz CT molecular complexity index is 1100. The number of aromatic nitrogens is 3. The molecule has 3 aromatic rings. The van der Waals surface area contributed by atoms with Gasteiger partial charge in [-0.2, -0.15) is 0 Å². The second-order valence-corrected chi connectivity index (χ2v) is 11.4. The smallest absolute Gasteiger partial charge is 0.230 e. The minimum Gasteiger partial charge on any atom is -0.351 e. The van der Waals surface area contributed by atoms with Crippen LogP contribution in [0.1, 0.15) is 70.0 Å². The number of thioether (sulfide) groups is 1. The van der Waals surface area contributed by atoms with Crippen LogP contribution < -0.4 is 5.32 Å². The molecule has 34 heavy (non-hydrogen) atoms. The number of nitrogens with zero attached hydrogens (tertiary/aromatic N) is 3. The maximum Gasteiger partial charge on any atom is 0.230 e. The van der Waals surface area contributed by atoms with Crippen LogP contribution in [0.3, 0.4) is 0 Å². The molecule has 5 nitrogen and oxygen atoms in total. The number of amides is 1. The van der Waals surface area contributed by atoms with Gasteiger partial charge in [0.2, 0.25) is 5.91 Å². The number of carbonyl (C=O) groups is 1. The monoisotopic (exact) mass is 496 g/mol. The zero-order valence-corrected chi connectivity index (χ0v) is 21.8. The topological polar surface area (TPSA) is 59.8 Å². The number of nitrogens with one attached hydrogen (secondary N) is 1. The van der Waals surface area contributed by atoms with E-state index >= 15 is 0 Å². The van der Waals surface area contributed by atoms with E-state index in [4.69, 9.17) is 11.6 Å². The number of carbonyl (C=O) groups excluding carboxylic acids is 1. The Morgan fingerprint density at radius 1 is 1.03 bits per heavy atom. The Morgan fingerprint density at radius 2 is 1.71 bits per heavy atom. The lowest BCUT2D eigenvalue weighted by Gasteiger charge is -2.26. The molecule has 1 aliphatic carbocycles. The van der Waals surface area contributed by atoms with Crippen LogP contribution in [0.2, 0.25) is 5.02 Å². The fourth-order valence-corrected chi connectivity index (χ4v) is 5.31. The van der Waals surface area contributed by atoms with Gasteiger partial charge in [0.25, 0.3) is 0 Å². The third-order valence-electron chi connectivity index (χ3n) is 6.35. The van der Waals surface area contributed by atoms with E-state index < -0.39 is 0 Å². The second-order valence-electron chi connectivity index (χ2n) is 9.99. The average molecular weight is 497 g/mol. The van der Waals surface area contributed by atoms with Crippen molar-refractivity contribution in [3.8, 4) is 11.4 Å². The second kappa shape index (κ2) is 11.0. The van der Waals surface area contributed by atoms with Crippen LogP contribution in [0.5, 0.6) is 0 Å². The van der Waals surface area contributed by atoms with Gasteiger partial charge in [-0.25, -0.2) is 0 Å². The van der Waals surface area contributed by atoms with Gasteiger partial charge in [0, 0.05) is 23.2 Å². The molecule has 1 aromatic heterocycles. The Kier molecular flexibility index (Phi) is 7.99. The first-order valence-corrected chi connectivity index (χ1v) is 13.4. The SMILES string of the molecule is CC(C)(C)c1ccc(-c2nnc(SCC(=O)NCc3ccc(Cl)cc3)n2C2CCCCC2)cc1. The number of benzene rings is 2. The quantitative estimate of drug-likeness (QED) is 0.365. The summed E-state index contributed by atoms with van der Waals surface area (Å²) >= 11 is 7.40. The average Bonchev–Trinajstić information content (AvgIpc) is 3.26. The zero-order chi connectivity index (χ0) is 24.1. The molecular formula is C27H33ClN4OS. The Hall–Kier alpha value is -2.31. The van der Waals surface area contributed by atoms with Gasteiger partial charge in [-0.3, -0.25) is 9.36 Å². The summed E-state index contributed by atoms with van der Waals surface area (Å²) in [6.45, 7) is 7.15. The van der Waals surface area contributed by atoms with Gasteiger partial charge >= 0.3 is 0 Å². The van der Waals surface area contributed by atoms with E-state index in [1.54, 1.807) is 0 Å². The van der Waals surface area contributed by atoms with Crippen LogP contribution in [-0.2, 0) is 16.8 Å². The highest BCUT2D eigenvalue weighted by atomic mass is 35.5. The summed E-state index contributed by atoms with van der Waals surface area (Å²) in [7, 11) is 0. The van der Waals surface area contributed by atoms with Crippen LogP contribution in [0.15, 0.2) is 53.7 Å². The third-order valence-corrected chi connectivity index (χ3v) is 7.54. The van der Waals surface area contributed by atoms with Gasteiger partial charge in [-0.15, -0.1) is 10.2 Å². The summed E-state index contributed by atoms with van der Waals surface area (Å²) in [6, 6.07) is 16.6. The summed E-state index contributed by atoms with van der Waals surface area (Å²) in [4.78, 5) is 12.5. The van der Waals surface area contributed by atoms with E-state index in [2.05, 4.69) is 65.1 Å². The predicted octanol–water partition coefficient (Wildman–Crippen LogP) is 6.81. The minimum atomic E-state index is -0.0192. The van der Waals surface area contributed by atoms with Gasteiger partial charge in [-0.1, -0.05) is 99.8 Å². The standard InChI is InChI=1S/C27H33ClN4OS/c1-27(2,3)21-13-11-20(12-14-21)25-30-31-26(32(25)23-7-5-4-6-8-23)34-18-24(33)29-17-19-9-15-22(28)16-10-19/h9-16,23H,4-8,17-18H2,1-3H3,(H,29,33). The molecule has 1 amide bonds. The highest BCUT2D eigenvalue weighted by Gasteiger charge is 2.24. The molecule has 4 rings (SSSR count). The Labute approximate surface area is 211 Å². The molecular weight excluding hydrogens is 464 g/mol. The fourth-order valence-electron chi connectivity index (χ4n) is 4.34. The summed E-state index contributed by atoms with van der Waals surface area (Å²) in [5.74, 6) is 1.19. The van der Waals surface area contributed by atoms with Crippen molar-refractivity contribution in [3.63, 3.8) is 0 Å². The molecule has 0 atom stereocenters. The predicted molar refractivity (Wildman–Crippen MR) is 140 cm³/mol. The van der Waals surface area contributed by atoms with Crippen LogP contribution in [-0.4, -0.2) is 26.4 Å². The Morgan fingerprint density at radius 3 is 2.35 bits per heavy atom. The van der Waals surface area contributed by atoms with Crippen molar-refractivity contribution in [2.24, 2.45) is 0 Å². The van der Waals surface area contributed by atoms with Crippen molar-refractivity contribution >= 4 is 29.3 Å². The lowest BCUT2D eigenvalue weighted by Crippen LogP contribution is -2.25. The fraction of sp³-hybridized carbons (Fsp3) is 0.444. The molecule has 7 heteroatoms. The highest BCUT2D eigenvalue weighted by molar-refractivity contribution is 7.99. The van der Waals surface area contributed by atoms with Crippen molar-refractivity contribution in [2.45, 2.75) is 76.0 Å². The number of hydrogen-bond acceptors (Lipinski definition) is 4. The van der Waals surface area contributed by atoms with Crippen molar-refractivity contribution in [2.75, 3.05) is 5.75 Å². The van der Waals surface area contributed by atoms with Gasteiger partial charge in [0.05, 0.1) is 5.75 Å². The van der Waals surface area contributed by atoms with Gasteiger partial charge in [0.15, 0.2) is 11.0 Å². The molecule has 0 unspecified atom stereocenters. The molecule has 1 heterocycles. The number of halogens is 1. The van der Waals surface area contributed by atoms with Crippen LogP contribution in [0.4, 0.5) is 0 Å². The van der Waals surface area contributed by atoms with E-state index in [1.807, 2.05) is 24.3 Å². The molecule has 2 aromatic carbocycles. The molecule has 0 radical (unpaired) electrons. The summed E-state index contributed by atoms with van der Waals surface area (Å²) in [6.07, 6.45) is 5.97. The first-order valence-electron chi connectivity index (χ1n) is 12.0. The first-order chi connectivity index (χ1) is 16.3. The number of hydrogen-bond donors (Lipinski definition) is 1. The van der Waals surface area contributed by atoms with Gasteiger partial charge in [-0.05, 0) is 41.5 Å². The summed E-state index contributed by atoms with van der Waals surface area (Å²) < 4.78 is 2.28. The van der Waals surface area contributed by atoms with E-state index in [0.29, 0.717) is 23.4 Å². The summed E-state index contributed by atoms with van der Waals surface area (Å²) in [5.41, 5.74) is 3.50. The van der Waals surface area contributed by atoms with Crippen LogP contribution >= 0.6 is 23.4 Å². The normalized spacial score (nSPS) is 14.8. The van der Waals surface area contributed by atoms with E-state index in [1.165, 1.54) is 36.6 Å². The van der Waals surface area contributed by atoms with Crippen molar-refractivity contribution in [3.05, 3.63) is 64.7 Å². The lowest BCUT2D eigenvalue weighted by atomic mass is 9.86. The van der Waals surface area contributed by atoms with E-state index in [-0.39, 0.29) is 11.3 Å². The largest absolute Gasteiger partial charge is 0.351 e. The van der Waals surface area contributed by atoms with Crippen molar-refractivity contribution < 1.29 is 4.79 Å². The molecule has 1 saturated carbocycles. The summed E-state index contributed by atoms with van der Waals surface area (Å²) in [5, 5.41) is 13.6. The van der Waals surface area contributed by atoms with Crippen LogP contribution in [0, 0.1) is 0 Å². The molecule has 0 bridgehead atoms. The number of rotatable bonds is 7. The molecule has 0 spiro atoms. The van der Waals surface area contributed by atoms with Crippen molar-refractivity contribution in [1.29, 1.82) is 0 Å². The van der Waals surface area contributed by atoms with Gasteiger partial charge < -0.3 is 5.32 Å². The molecule has 1 aliphatic rings. The molecule has 0 saturated heterocycles. The Balaban J connectivity index is 1.49. The molecule has 0 aliphatic heterocycles. The maximum atomic E-state index is 12.5. The first kappa shape index (κ1) is 24.8. The van der Waals surface area contributed by atoms with E-state index in [0.717, 1.165) is 34.9 Å². The van der Waals surface area contributed by atoms with E-state index in [9.17, 15) is 4.79 Å². The zero-order valence-electron chi connectivity index (χ0n) is 20.2.